The first-order chi connectivity index (χ1) is 16.7. The molecular formula is C24H36F6N2O5. The Kier molecular flexibility index (Phi) is 14.0. The van der Waals surface area contributed by atoms with Crippen molar-refractivity contribution in [3.63, 3.8) is 0 Å². The van der Waals surface area contributed by atoms with Gasteiger partial charge < -0.3 is 25.5 Å². The van der Waals surface area contributed by atoms with E-state index in [1.165, 1.54) is 24.1 Å². The average Bonchev–Trinajstić information content (AvgIpc) is 2.73. The van der Waals surface area contributed by atoms with E-state index in [0.717, 1.165) is 32.4 Å². The Hall–Kier alpha value is -2.54. The summed E-state index contributed by atoms with van der Waals surface area (Å²) < 4.78 is 63.5. The third-order valence-corrected chi connectivity index (χ3v) is 5.38. The zero-order chi connectivity index (χ0) is 29.0. The second-order valence-corrected chi connectivity index (χ2v) is 9.43. The van der Waals surface area contributed by atoms with Gasteiger partial charge in [0, 0.05) is 30.9 Å². The molecule has 1 heterocycles. The van der Waals surface area contributed by atoms with Crippen LogP contribution < -0.4 is 10.2 Å². The number of carbonyl (C=O) groups is 2. The number of halogens is 6. The second kappa shape index (κ2) is 15.0. The maximum atomic E-state index is 10.6. The van der Waals surface area contributed by atoms with Crippen molar-refractivity contribution in [1.29, 1.82) is 0 Å². The molecule has 1 unspecified atom stereocenters. The quantitative estimate of drug-likeness (QED) is 0.350. The summed E-state index contributed by atoms with van der Waals surface area (Å²) in [4.78, 5) is 20.3. The number of anilines is 1. The third-order valence-electron chi connectivity index (χ3n) is 5.38. The number of aliphatic carboxylic acids is 2. The molecule has 1 saturated heterocycles. The predicted molar refractivity (Wildman–Crippen MR) is 127 cm³/mol. The number of nitrogens with one attached hydrogen (secondary N) is 1. The van der Waals surface area contributed by atoms with Crippen LogP contribution in [0.1, 0.15) is 58.4 Å². The normalized spacial score (nSPS) is 15.6. The monoisotopic (exact) mass is 546 g/mol. The van der Waals surface area contributed by atoms with Crippen LogP contribution in [0, 0.1) is 6.92 Å². The van der Waals surface area contributed by atoms with Crippen molar-refractivity contribution in [1.82, 2.24) is 5.32 Å². The number of alkyl halides is 6. The first-order valence-electron chi connectivity index (χ1n) is 11.6. The number of piperidine rings is 1. The van der Waals surface area contributed by atoms with Crippen LogP contribution in [0.25, 0.3) is 0 Å². The molecule has 0 radical (unpaired) electrons. The average molecular weight is 547 g/mol. The Labute approximate surface area is 212 Å². The number of nitrogens with zero attached hydrogens (tertiary/aromatic N) is 1. The van der Waals surface area contributed by atoms with Crippen LogP contribution in [0.4, 0.5) is 32.0 Å². The van der Waals surface area contributed by atoms with Gasteiger partial charge in [-0.1, -0.05) is 18.2 Å². The number of hydrogen-bond donors (Lipinski definition) is 4. The van der Waals surface area contributed by atoms with Crippen molar-refractivity contribution in [2.24, 2.45) is 0 Å². The van der Waals surface area contributed by atoms with Gasteiger partial charge in [-0.15, -0.1) is 0 Å². The Morgan fingerprint density at radius 3 is 1.81 bits per heavy atom. The molecule has 0 aromatic heterocycles. The van der Waals surface area contributed by atoms with E-state index in [9.17, 15) is 31.4 Å². The van der Waals surface area contributed by atoms with E-state index in [-0.39, 0.29) is 0 Å². The molecule has 1 aromatic carbocycles. The molecule has 2 rings (SSSR count). The standard InChI is InChI=1S/C20H34N2O.2C2HF3O2/c1-16-8-5-6-10-19(16)22-14-11-18(12-15-22)21-17(2)9-7-13-20(3,4)23;2*3-2(4,5)1(6)7/h5-6,8,10,17-18,21,23H,7,9,11-15H2,1-4H3;2*(H,6,7). The smallest absolute Gasteiger partial charge is 0.475 e. The van der Waals surface area contributed by atoms with Crippen LogP contribution in [0.5, 0.6) is 0 Å². The number of carboxylic acid groups (broad SMARTS) is 2. The molecule has 1 aliphatic rings. The van der Waals surface area contributed by atoms with Gasteiger partial charge in [-0.25, -0.2) is 9.59 Å². The van der Waals surface area contributed by atoms with Crippen LogP contribution in [0.2, 0.25) is 0 Å². The van der Waals surface area contributed by atoms with Crippen molar-refractivity contribution < 1.29 is 51.3 Å². The summed E-state index contributed by atoms with van der Waals surface area (Å²) in [6.07, 6.45) is -4.64. The molecule has 13 heteroatoms. The van der Waals surface area contributed by atoms with Gasteiger partial charge >= 0.3 is 24.3 Å². The van der Waals surface area contributed by atoms with Gasteiger partial charge in [-0.05, 0) is 71.4 Å². The van der Waals surface area contributed by atoms with Gasteiger partial charge in [0.15, 0.2) is 0 Å². The third kappa shape index (κ3) is 16.0. The van der Waals surface area contributed by atoms with Crippen LogP contribution >= 0.6 is 0 Å². The zero-order valence-corrected chi connectivity index (χ0v) is 21.3. The number of hydrogen-bond acceptors (Lipinski definition) is 5. The van der Waals surface area contributed by atoms with E-state index in [0.29, 0.717) is 12.1 Å². The highest BCUT2D eigenvalue weighted by atomic mass is 19.4. The Bertz CT molecular complexity index is 808. The number of rotatable bonds is 7. The van der Waals surface area contributed by atoms with E-state index in [1.54, 1.807) is 0 Å². The number of aryl methyl sites for hydroxylation is 1. The minimum absolute atomic E-state index is 0.529. The van der Waals surface area contributed by atoms with E-state index in [1.807, 2.05) is 13.8 Å². The molecule has 1 aromatic rings. The SMILES string of the molecule is Cc1ccccc1N1CCC(NC(C)CCCC(C)(C)O)CC1.O=C(O)C(F)(F)F.O=C(O)C(F)(F)F. The fraction of sp³-hybridized carbons (Fsp3) is 0.667. The minimum atomic E-state index is -5.08. The van der Waals surface area contributed by atoms with E-state index < -0.39 is 29.9 Å². The lowest BCUT2D eigenvalue weighted by Gasteiger charge is -2.36. The summed E-state index contributed by atoms with van der Waals surface area (Å²) >= 11 is 0. The summed E-state index contributed by atoms with van der Waals surface area (Å²) in [5.74, 6) is -5.51. The highest BCUT2D eigenvalue weighted by Gasteiger charge is 2.38. The van der Waals surface area contributed by atoms with Gasteiger partial charge in [-0.3, -0.25) is 0 Å². The molecule has 1 atom stereocenters. The summed E-state index contributed by atoms with van der Waals surface area (Å²) in [6, 6.07) is 9.85. The summed E-state index contributed by atoms with van der Waals surface area (Å²) in [5, 5.41) is 27.8. The van der Waals surface area contributed by atoms with Crippen LogP contribution in [-0.4, -0.2) is 70.4 Å². The lowest BCUT2D eigenvalue weighted by molar-refractivity contribution is -0.193. The Morgan fingerprint density at radius 1 is 1.00 bits per heavy atom. The lowest BCUT2D eigenvalue weighted by atomic mass is 9.98. The fourth-order valence-corrected chi connectivity index (χ4v) is 3.53. The predicted octanol–water partition coefficient (Wildman–Crippen LogP) is 5.15. The first kappa shape index (κ1) is 34.5. The van der Waals surface area contributed by atoms with Gasteiger partial charge in [0.2, 0.25) is 0 Å². The highest BCUT2D eigenvalue weighted by Crippen LogP contribution is 2.24. The fourth-order valence-electron chi connectivity index (χ4n) is 3.53. The molecule has 0 spiro atoms. The van der Waals surface area contributed by atoms with Crippen LogP contribution in [-0.2, 0) is 9.59 Å². The maximum absolute atomic E-state index is 10.6. The lowest BCUT2D eigenvalue weighted by Crippen LogP contribution is -2.45. The van der Waals surface area contributed by atoms with Crippen molar-refractivity contribution in [3.05, 3.63) is 29.8 Å². The molecule has 7 nitrogen and oxygen atoms in total. The molecule has 0 aliphatic carbocycles. The molecular weight excluding hydrogens is 510 g/mol. The van der Waals surface area contributed by atoms with Crippen molar-refractivity contribution in [2.75, 3.05) is 18.0 Å². The van der Waals surface area contributed by atoms with Gasteiger partial charge in [0.05, 0.1) is 5.60 Å². The summed E-state index contributed by atoms with van der Waals surface area (Å²) in [5.41, 5.74) is 2.24. The molecule has 0 bridgehead atoms. The number of aliphatic hydroxyl groups is 1. The largest absolute Gasteiger partial charge is 0.490 e. The van der Waals surface area contributed by atoms with Crippen molar-refractivity contribution >= 4 is 17.6 Å². The van der Waals surface area contributed by atoms with Crippen LogP contribution in [0.3, 0.4) is 0 Å². The van der Waals surface area contributed by atoms with E-state index in [4.69, 9.17) is 19.8 Å². The minimum Gasteiger partial charge on any atom is -0.475 e. The molecule has 0 saturated carbocycles. The first-order valence-corrected chi connectivity index (χ1v) is 11.6. The number of para-hydroxylation sites is 1. The zero-order valence-electron chi connectivity index (χ0n) is 21.3. The Balaban J connectivity index is 0.000000761. The molecule has 1 aliphatic heterocycles. The van der Waals surface area contributed by atoms with Gasteiger partial charge in [0.1, 0.15) is 0 Å². The molecule has 214 valence electrons. The number of benzene rings is 1. The van der Waals surface area contributed by atoms with E-state index in [2.05, 4.69) is 48.3 Å². The molecule has 4 N–H and O–H groups in total. The second-order valence-electron chi connectivity index (χ2n) is 9.43. The van der Waals surface area contributed by atoms with E-state index >= 15 is 0 Å². The van der Waals surface area contributed by atoms with Crippen molar-refractivity contribution in [2.45, 2.75) is 89.8 Å². The Morgan fingerprint density at radius 2 is 1.43 bits per heavy atom. The summed E-state index contributed by atoms with van der Waals surface area (Å²) in [7, 11) is 0. The summed E-state index contributed by atoms with van der Waals surface area (Å²) in [6.45, 7) is 10.5. The van der Waals surface area contributed by atoms with Crippen molar-refractivity contribution in [3.8, 4) is 0 Å². The molecule has 37 heavy (non-hydrogen) atoms. The van der Waals surface area contributed by atoms with Crippen LogP contribution in [0.15, 0.2) is 24.3 Å². The highest BCUT2D eigenvalue weighted by molar-refractivity contribution is 5.73. The number of carboxylic acids is 2. The van der Waals surface area contributed by atoms with Gasteiger partial charge in [-0.2, -0.15) is 26.3 Å². The van der Waals surface area contributed by atoms with Gasteiger partial charge in [0.25, 0.3) is 0 Å². The molecule has 0 amide bonds. The maximum Gasteiger partial charge on any atom is 0.490 e. The topological polar surface area (TPSA) is 110 Å². The molecule has 1 fully saturated rings.